The summed E-state index contributed by atoms with van der Waals surface area (Å²) in [5.41, 5.74) is -0.976. The van der Waals surface area contributed by atoms with Gasteiger partial charge in [0.2, 0.25) is 6.29 Å². The molecule has 0 aromatic heterocycles. The molecule has 63 heavy (non-hydrogen) atoms. The van der Waals surface area contributed by atoms with Gasteiger partial charge in [-0.2, -0.15) is 0 Å². The topological polar surface area (TPSA) is 198 Å². The van der Waals surface area contributed by atoms with Gasteiger partial charge >= 0.3 is 0 Å². The van der Waals surface area contributed by atoms with E-state index in [1.807, 2.05) is 24.3 Å². The molecule has 8 N–H and O–H groups in total. The third-order valence-corrected chi connectivity index (χ3v) is 18.6. The van der Waals surface area contributed by atoms with Gasteiger partial charge in [0, 0.05) is 17.9 Å². The number of aliphatic hydroxyl groups is 6. The molecular formula is C49H58N2O10S2. The fraction of sp³-hybridized carbons (Fsp3) is 0.551. The van der Waals surface area contributed by atoms with Crippen LogP contribution in [-0.2, 0) is 17.8 Å². The lowest BCUT2D eigenvalue weighted by Crippen LogP contribution is -2.69. The van der Waals surface area contributed by atoms with Gasteiger partial charge < -0.3 is 50.7 Å². The average Bonchev–Trinajstić information content (AvgIpc) is 4.02. The summed E-state index contributed by atoms with van der Waals surface area (Å²) in [6, 6.07) is 12.1. The van der Waals surface area contributed by atoms with Crippen LogP contribution < -0.4 is 15.4 Å². The first-order valence-electron chi connectivity index (χ1n) is 22.6. The highest BCUT2D eigenvalue weighted by Gasteiger charge is 2.66. The number of fused-ring (bicyclic) bond motifs is 5. The Morgan fingerprint density at radius 3 is 2.43 bits per heavy atom. The Hall–Kier alpha value is -3.60. The molecule has 2 aromatic carbocycles. The highest BCUT2D eigenvalue weighted by molar-refractivity contribution is 8.76. The minimum absolute atomic E-state index is 0.0210. The van der Waals surface area contributed by atoms with E-state index in [2.05, 4.69) is 22.8 Å². The number of carbonyl (C=O) groups excluding carboxylic acids is 2. The van der Waals surface area contributed by atoms with Gasteiger partial charge in [0.05, 0.1) is 36.4 Å². The van der Waals surface area contributed by atoms with Crippen LogP contribution in [0.5, 0.6) is 5.75 Å². The van der Waals surface area contributed by atoms with Crippen molar-refractivity contribution in [2.75, 3.05) is 24.8 Å². The number of Topliss-reactive ketones (excluding diaryl/α,β-unsaturated/α-hetero) is 2. The summed E-state index contributed by atoms with van der Waals surface area (Å²) in [6.45, 7) is -0.283. The van der Waals surface area contributed by atoms with E-state index in [-0.39, 0.29) is 58.0 Å². The fourth-order valence-electron chi connectivity index (χ4n) is 13.4. The minimum Gasteiger partial charge on any atom is -0.511 e. The zero-order valence-electron chi connectivity index (χ0n) is 35.4. The molecule has 0 amide bonds. The monoisotopic (exact) mass is 898 g/mol. The standard InChI is InChI=1S/C49H58N2O10S2/c52-23-30-7-3-6-29(18-30)19-31-20-34-40(55)33-8-4-9-35-39(33)42(57)48(34,37(54)21-31)27-62-63-28-51-38-22-32(10-17-50-38)45(15-16-47(25-45)14-5-13-46(47)11-1-2-12-46)26-49(59)41(56)36(24-53)61-44(60-35)43(49)58/h3-4,6-10,18,20-22,34,36,41,43-44,50-54,56,58-59H,1-2,5,11-17,19,23-28H2. The molecule has 6 bridgehead atoms. The Balaban J connectivity index is 1.06. The molecule has 14 heteroatoms. The maximum Gasteiger partial charge on any atom is 0.229 e. The molecule has 4 fully saturated rings. The van der Waals surface area contributed by atoms with Crippen LogP contribution in [0.3, 0.4) is 0 Å². The third-order valence-electron chi connectivity index (χ3n) is 16.4. The summed E-state index contributed by atoms with van der Waals surface area (Å²) in [6.07, 6.45) is 12.2. The van der Waals surface area contributed by atoms with Crippen molar-refractivity contribution in [3.8, 4) is 5.75 Å². The molecular weight excluding hydrogens is 841 g/mol. The molecule has 12 nitrogen and oxygen atoms in total. The van der Waals surface area contributed by atoms with Gasteiger partial charge in [-0.15, -0.1) is 0 Å². The van der Waals surface area contributed by atoms with Gasteiger partial charge in [-0.25, -0.2) is 0 Å². The van der Waals surface area contributed by atoms with Crippen LogP contribution in [0.1, 0.15) is 102 Å². The molecule has 2 aromatic rings. The van der Waals surface area contributed by atoms with Crippen LogP contribution in [-0.4, -0.2) is 97.2 Å². The molecule has 4 spiro atoms. The zero-order valence-corrected chi connectivity index (χ0v) is 37.0. The molecule has 3 aliphatic heterocycles. The predicted molar refractivity (Wildman–Crippen MR) is 240 cm³/mol. The first-order valence-corrected chi connectivity index (χ1v) is 25.1. The van der Waals surface area contributed by atoms with E-state index in [0.717, 1.165) is 54.6 Å². The lowest BCUT2D eigenvalue weighted by Gasteiger charge is -2.52. The maximum atomic E-state index is 15.3. The Morgan fingerprint density at radius 2 is 1.62 bits per heavy atom. The van der Waals surface area contributed by atoms with Gasteiger partial charge in [0.25, 0.3) is 0 Å². The lowest BCUT2D eigenvalue weighted by atomic mass is 9.59. The first kappa shape index (κ1) is 43.3. The number of allylic oxidation sites excluding steroid dienone is 6. The number of ketones is 2. The molecule has 8 aliphatic rings. The van der Waals surface area contributed by atoms with Crippen molar-refractivity contribution in [3.05, 3.63) is 112 Å². The van der Waals surface area contributed by atoms with E-state index in [1.165, 1.54) is 59.8 Å². The maximum absolute atomic E-state index is 15.3. The summed E-state index contributed by atoms with van der Waals surface area (Å²) in [5, 5.41) is 76.9. The molecule has 5 aliphatic carbocycles. The van der Waals surface area contributed by atoms with Gasteiger partial charge in [0.1, 0.15) is 40.8 Å². The van der Waals surface area contributed by atoms with Crippen molar-refractivity contribution in [2.45, 2.75) is 114 Å². The van der Waals surface area contributed by atoms with E-state index in [9.17, 15) is 35.4 Å². The molecule has 0 radical (unpaired) electrons. The molecule has 10 rings (SSSR count). The van der Waals surface area contributed by atoms with Gasteiger partial charge in [-0.1, -0.05) is 89.4 Å². The van der Waals surface area contributed by atoms with Crippen LogP contribution in [0.15, 0.2) is 89.5 Å². The Kier molecular flexibility index (Phi) is 11.3. The van der Waals surface area contributed by atoms with Gasteiger partial charge in [-0.3, -0.25) is 9.59 Å². The van der Waals surface area contributed by atoms with Crippen LogP contribution in [0, 0.1) is 27.6 Å². The molecule has 9 unspecified atom stereocenters. The summed E-state index contributed by atoms with van der Waals surface area (Å²) in [7, 11) is 2.85. The van der Waals surface area contributed by atoms with Crippen molar-refractivity contribution < 1.29 is 49.7 Å². The highest BCUT2D eigenvalue weighted by atomic mass is 33.1. The molecule has 3 heterocycles. The highest BCUT2D eigenvalue weighted by Crippen LogP contribution is 2.73. The number of carbonyl (C=O) groups is 2. The van der Waals surface area contributed by atoms with Crippen molar-refractivity contribution in [2.24, 2.45) is 27.6 Å². The van der Waals surface area contributed by atoms with Crippen molar-refractivity contribution >= 4 is 33.2 Å². The summed E-state index contributed by atoms with van der Waals surface area (Å²) < 4.78 is 12.6. The number of aliphatic hydroxyl groups excluding tert-OH is 5. The Labute approximate surface area is 375 Å². The second-order valence-electron chi connectivity index (χ2n) is 19.5. The predicted octanol–water partition coefficient (Wildman–Crippen LogP) is 5.94. The number of ether oxygens (including phenoxy) is 2. The van der Waals surface area contributed by atoms with Crippen LogP contribution in [0.4, 0.5) is 0 Å². The Bertz CT molecular complexity index is 2300. The number of hydrogen-bond acceptors (Lipinski definition) is 14. The normalized spacial score (nSPS) is 37.2. The quantitative estimate of drug-likeness (QED) is 0.168. The first-order chi connectivity index (χ1) is 30.4. The SMILES string of the molecule is O=C1c2cccc3c2C(=O)C2(CSSCNC4=CC(=CCN4)C4(CCC5(CCCC56CCCC6)C4)CC4(O)C(O)C(CO)OC(O3)C4O)C(O)=CC(Cc3cccc(CO)c3)=CC12. The summed E-state index contributed by atoms with van der Waals surface area (Å²) in [4.78, 5) is 30.1. The summed E-state index contributed by atoms with van der Waals surface area (Å²) in [5.74, 6) is -1.06. The van der Waals surface area contributed by atoms with E-state index in [0.29, 0.717) is 24.4 Å². The second-order valence-corrected chi connectivity index (χ2v) is 22.0. The van der Waals surface area contributed by atoms with Crippen molar-refractivity contribution in [3.63, 3.8) is 0 Å². The fourth-order valence-corrected chi connectivity index (χ4v) is 15.6. The average molecular weight is 899 g/mol. The molecule has 1 saturated heterocycles. The van der Waals surface area contributed by atoms with E-state index in [4.69, 9.17) is 9.47 Å². The molecule has 9 atom stereocenters. The van der Waals surface area contributed by atoms with Gasteiger partial charge in [-0.05, 0) is 115 Å². The van der Waals surface area contributed by atoms with E-state index < -0.39 is 59.3 Å². The minimum atomic E-state index is -2.22. The largest absolute Gasteiger partial charge is 0.511 e. The van der Waals surface area contributed by atoms with Crippen molar-refractivity contribution in [1.29, 1.82) is 0 Å². The van der Waals surface area contributed by atoms with Crippen LogP contribution in [0.25, 0.3) is 0 Å². The van der Waals surface area contributed by atoms with Crippen LogP contribution in [0.2, 0.25) is 0 Å². The Morgan fingerprint density at radius 1 is 0.841 bits per heavy atom. The van der Waals surface area contributed by atoms with E-state index >= 15 is 4.79 Å². The smallest absolute Gasteiger partial charge is 0.229 e. The number of hydrogen-bond donors (Lipinski definition) is 8. The van der Waals surface area contributed by atoms with Gasteiger partial charge in [0.15, 0.2) is 11.6 Å². The second kappa shape index (κ2) is 16.4. The number of dihydropyridines is 1. The van der Waals surface area contributed by atoms with Crippen LogP contribution >= 0.6 is 21.6 Å². The molecule has 336 valence electrons. The summed E-state index contributed by atoms with van der Waals surface area (Å²) >= 11 is 0. The number of nitrogens with one attached hydrogen (secondary N) is 2. The number of benzene rings is 2. The molecule has 3 saturated carbocycles. The van der Waals surface area contributed by atoms with E-state index in [1.54, 1.807) is 24.3 Å². The lowest BCUT2D eigenvalue weighted by molar-refractivity contribution is -0.319. The number of rotatable bonds is 4. The zero-order chi connectivity index (χ0) is 43.8. The van der Waals surface area contributed by atoms with Crippen molar-refractivity contribution in [1.82, 2.24) is 10.6 Å². The third kappa shape index (κ3) is 6.87.